The second kappa shape index (κ2) is 5.63. The molecule has 116 valence electrons. The van der Waals surface area contributed by atoms with E-state index in [1.807, 2.05) is 0 Å². The number of carboxylic acid groups (broad SMARTS) is 1. The van der Waals surface area contributed by atoms with Crippen LogP contribution in [0.1, 0.15) is 19.3 Å². The summed E-state index contributed by atoms with van der Waals surface area (Å²) >= 11 is 0. The van der Waals surface area contributed by atoms with E-state index in [2.05, 4.69) is 5.10 Å². The van der Waals surface area contributed by atoms with Gasteiger partial charge in [-0.15, -0.1) is 5.10 Å². The first-order chi connectivity index (χ1) is 10.6. The molecule has 0 unspecified atom stereocenters. The fourth-order valence-electron chi connectivity index (χ4n) is 2.78. The average molecular weight is 304 g/mol. The summed E-state index contributed by atoms with van der Waals surface area (Å²) in [5.74, 6) is -1.40. The molecule has 1 atom stereocenters. The van der Waals surface area contributed by atoms with Gasteiger partial charge in [0.15, 0.2) is 5.65 Å². The van der Waals surface area contributed by atoms with Crippen molar-refractivity contribution in [3.8, 4) is 0 Å². The van der Waals surface area contributed by atoms with E-state index in [9.17, 15) is 19.5 Å². The second-order valence-electron chi connectivity index (χ2n) is 5.31. The number of carbonyl (C=O) groups is 2. The van der Waals surface area contributed by atoms with E-state index < -0.39 is 23.6 Å². The number of likely N-dealkylation sites (tertiary alicyclic amines) is 1. The maximum atomic E-state index is 12.4. The summed E-state index contributed by atoms with van der Waals surface area (Å²) in [7, 11) is 0. The maximum Gasteiger partial charge on any atom is 0.350 e. The van der Waals surface area contributed by atoms with Crippen LogP contribution in [0.15, 0.2) is 29.2 Å². The van der Waals surface area contributed by atoms with Crippen LogP contribution in [0.5, 0.6) is 0 Å². The van der Waals surface area contributed by atoms with Gasteiger partial charge in [-0.25, -0.2) is 14.3 Å². The molecule has 8 heteroatoms. The molecule has 8 nitrogen and oxygen atoms in total. The van der Waals surface area contributed by atoms with Gasteiger partial charge in [-0.1, -0.05) is 6.07 Å². The number of piperidine rings is 1. The van der Waals surface area contributed by atoms with E-state index >= 15 is 0 Å². The Morgan fingerprint density at radius 2 is 2.14 bits per heavy atom. The molecule has 2 aromatic heterocycles. The topological polar surface area (TPSA) is 96.9 Å². The number of carbonyl (C=O) groups excluding carboxylic acids is 1. The highest BCUT2D eigenvalue weighted by molar-refractivity contribution is 5.83. The Bertz CT molecular complexity index is 778. The van der Waals surface area contributed by atoms with Gasteiger partial charge in [-0.05, 0) is 31.4 Å². The number of rotatable bonds is 3. The van der Waals surface area contributed by atoms with Crippen LogP contribution >= 0.6 is 0 Å². The van der Waals surface area contributed by atoms with Crippen LogP contribution < -0.4 is 5.69 Å². The minimum absolute atomic E-state index is 0.246. The van der Waals surface area contributed by atoms with Gasteiger partial charge in [0.05, 0.1) is 0 Å². The number of amides is 1. The van der Waals surface area contributed by atoms with Crippen LogP contribution in [0.4, 0.5) is 0 Å². The number of pyridine rings is 1. The van der Waals surface area contributed by atoms with Crippen molar-refractivity contribution >= 4 is 17.5 Å². The number of aliphatic carboxylic acids is 1. The Labute approximate surface area is 125 Å². The van der Waals surface area contributed by atoms with Gasteiger partial charge in [0.25, 0.3) is 0 Å². The van der Waals surface area contributed by atoms with Crippen molar-refractivity contribution in [3.05, 3.63) is 34.9 Å². The molecular formula is C14H16N4O4. The number of hydrogen-bond donors (Lipinski definition) is 1. The van der Waals surface area contributed by atoms with Gasteiger partial charge in [-0.2, -0.15) is 0 Å². The van der Waals surface area contributed by atoms with Crippen LogP contribution in [0.3, 0.4) is 0 Å². The molecule has 1 saturated heterocycles. The molecular weight excluding hydrogens is 288 g/mol. The third-order valence-corrected chi connectivity index (χ3v) is 3.88. The van der Waals surface area contributed by atoms with Gasteiger partial charge in [-0.3, -0.25) is 9.20 Å². The summed E-state index contributed by atoms with van der Waals surface area (Å²) in [6.45, 7) is 0.155. The van der Waals surface area contributed by atoms with Crippen molar-refractivity contribution in [3.63, 3.8) is 0 Å². The van der Waals surface area contributed by atoms with E-state index in [1.54, 1.807) is 24.4 Å². The first-order valence-corrected chi connectivity index (χ1v) is 7.14. The predicted molar refractivity (Wildman–Crippen MR) is 76.4 cm³/mol. The fourth-order valence-corrected chi connectivity index (χ4v) is 2.78. The number of hydrogen-bond acceptors (Lipinski definition) is 4. The number of aromatic nitrogens is 3. The van der Waals surface area contributed by atoms with Crippen molar-refractivity contribution in [2.75, 3.05) is 6.54 Å². The quantitative estimate of drug-likeness (QED) is 0.858. The first-order valence-electron chi connectivity index (χ1n) is 7.14. The van der Waals surface area contributed by atoms with Gasteiger partial charge < -0.3 is 10.0 Å². The summed E-state index contributed by atoms with van der Waals surface area (Å²) in [4.78, 5) is 37.1. The zero-order valence-corrected chi connectivity index (χ0v) is 11.9. The molecule has 2 aromatic rings. The Kier molecular flexibility index (Phi) is 3.66. The van der Waals surface area contributed by atoms with Crippen LogP contribution in [0.2, 0.25) is 0 Å². The predicted octanol–water partition coefficient (Wildman–Crippen LogP) is -0.0383. The molecule has 0 bridgehead atoms. The largest absolute Gasteiger partial charge is 0.480 e. The highest BCUT2D eigenvalue weighted by Gasteiger charge is 2.32. The Balaban J connectivity index is 1.84. The molecule has 1 N–H and O–H groups in total. The third kappa shape index (κ3) is 2.47. The molecule has 3 rings (SSSR count). The Morgan fingerprint density at radius 3 is 2.86 bits per heavy atom. The van der Waals surface area contributed by atoms with Crippen LogP contribution in [0.25, 0.3) is 5.65 Å². The highest BCUT2D eigenvalue weighted by atomic mass is 16.4. The third-order valence-electron chi connectivity index (χ3n) is 3.88. The van der Waals surface area contributed by atoms with Crippen LogP contribution in [-0.4, -0.2) is 48.7 Å². The molecule has 3 heterocycles. The molecule has 0 aromatic carbocycles. The SMILES string of the molecule is O=C(O)[C@H]1CCCCN1C(=O)Cn1nc2ccccn2c1=O. The smallest absolute Gasteiger partial charge is 0.350 e. The number of nitrogens with zero attached hydrogens (tertiary/aromatic N) is 4. The number of carboxylic acids is 1. The minimum atomic E-state index is -1.00. The lowest BCUT2D eigenvalue weighted by Crippen LogP contribution is -2.49. The standard InChI is InChI=1S/C14H16N4O4/c19-12(16-7-3-1-5-10(16)13(20)21)9-18-14(22)17-8-4-2-6-11(17)15-18/h2,4,6,8,10H,1,3,5,7,9H2,(H,20,21)/t10-/m1/s1. The van der Waals surface area contributed by atoms with Crippen molar-refractivity contribution in [2.45, 2.75) is 31.8 Å². The molecule has 0 saturated carbocycles. The fraction of sp³-hybridized carbons (Fsp3) is 0.429. The van der Waals surface area contributed by atoms with E-state index in [4.69, 9.17) is 0 Å². The Hall–Kier alpha value is -2.64. The molecule has 0 aliphatic carbocycles. The average Bonchev–Trinajstić information content (AvgIpc) is 2.84. The first kappa shape index (κ1) is 14.3. The Morgan fingerprint density at radius 1 is 1.32 bits per heavy atom. The molecule has 1 fully saturated rings. The molecule has 1 aliphatic heterocycles. The van der Waals surface area contributed by atoms with Crippen LogP contribution in [0, 0.1) is 0 Å². The van der Waals surface area contributed by atoms with Crippen molar-refractivity contribution in [1.29, 1.82) is 0 Å². The summed E-state index contributed by atoms with van der Waals surface area (Å²) in [6, 6.07) is 4.31. The van der Waals surface area contributed by atoms with Crippen molar-refractivity contribution in [2.24, 2.45) is 0 Å². The van der Waals surface area contributed by atoms with Gasteiger partial charge in [0, 0.05) is 12.7 Å². The zero-order valence-electron chi connectivity index (χ0n) is 11.9. The summed E-state index contributed by atoms with van der Waals surface area (Å²) in [5, 5.41) is 13.3. The van der Waals surface area contributed by atoms with Crippen LogP contribution in [-0.2, 0) is 16.1 Å². The normalized spacial score (nSPS) is 18.5. The zero-order chi connectivity index (χ0) is 15.7. The van der Waals surface area contributed by atoms with Gasteiger partial charge in [0.2, 0.25) is 5.91 Å². The van der Waals surface area contributed by atoms with Crippen molar-refractivity contribution in [1.82, 2.24) is 19.1 Å². The summed E-state index contributed by atoms with van der Waals surface area (Å²) < 4.78 is 2.42. The maximum absolute atomic E-state index is 12.4. The minimum Gasteiger partial charge on any atom is -0.480 e. The van der Waals surface area contributed by atoms with E-state index in [1.165, 1.54) is 9.30 Å². The molecule has 0 spiro atoms. The highest BCUT2D eigenvalue weighted by Crippen LogP contribution is 2.17. The molecule has 1 amide bonds. The summed E-state index contributed by atoms with van der Waals surface area (Å²) in [6.07, 6.45) is 3.58. The van der Waals surface area contributed by atoms with Gasteiger partial charge >= 0.3 is 11.7 Å². The lowest BCUT2D eigenvalue weighted by Gasteiger charge is -2.32. The van der Waals surface area contributed by atoms with Gasteiger partial charge in [0.1, 0.15) is 12.6 Å². The van der Waals surface area contributed by atoms with Crippen molar-refractivity contribution < 1.29 is 14.7 Å². The van der Waals surface area contributed by atoms with E-state index in [0.29, 0.717) is 18.6 Å². The molecule has 1 aliphatic rings. The molecule has 0 radical (unpaired) electrons. The monoisotopic (exact) mass is 304 g/mol. The lowest BCUT2D eigenvalue weighted by molar-refractivity contribution is -0.152. The second-order valence-corrected chi connectivity index (χ2v) is 5.31. The van der Waals surface area contributed by atoms with E-state index in [0.717, 1.165) is 17.5 Å². The van der Waals surface area contributed by atoms with E-state index in [-0.39, 0.29) is 6.54 Å². The molecule has 22 heavy (non-hydrogen) atoms. The number of fused-ring (bicyclic) bond motifs is 1. The summed E-state index contributed by atoms with van der Waals surface area (Å²) in [5.41, 5.74) is 0.0431. The lowest BCUT2D eigenvalue weighted by atomic mass is 10.0.